The predicted octanol–water partition coefficient (Wildman–Crippen LogP) is 1.66. The summed E-state index contributed by atoms with van der Waals surface area (Å²) in [7, 11) is -3.49. The summed E-state index contributed by atoms with van der Waals surface area (Å²) in [4.78, 5) is 6.79. The van der Waals surface area contributed by atoms with E-state index < -0.39 is 10.0 Å². The van der Waals surface area contributed by atoms with E-state index in [0.717, 1.165) is 19.3 Å². The molecule has 2 rings (SSSR count). The van der Waals surface area contributed by atoms with E-state index in [1.54, 1.807) is 0 Å². The first kappa shape index (κ1) is 13.8. The molecule has 0 saturated heterocycles. The molecule has 1 heterocycles. The zero-order valence-electron chi connectivity index (χ0n) is 10.3. The second-order valence-corrected chi connectivity index (χ2v) is 6.90. The van der Waals surface area contributed by atoms with E-state index >= 15 is 0 Å². The molecule has 1 aromatic heterocycles. The molecule has 0 bridgehead atoms. The lowest BCUT2D eigenvalue weighted by atomic mass is 10.1. The van der Waals surface area contributed by atoms with Gasteiger partial charge in [-0.2, -0.15) is 0 Å². The van der Waals surface area contributed by atoms with E-state index in [1.165, 1.54) is 6.20 Å². The van der Waals surface area contributed by atoms with E-state index in [1.807, 2.05) is 6.92 Å². The van der Waals surface area contributed by atoms with Gasteiger partial charge in [-0.25, -0.2) is 18.1 Å². The molecule has 18 heavy (non-hydrogen) atoms. The smallest absolute Gasteiger partial charge is 0.257 e. The lowest BCUT2D eigenvalue weighted by Crippen LogP contribution is -2.31. The minimum Gasteiger partial charge on any atom is -0.332 e. The highest BCUT2D eigenvalue weighted by molar-refractivity contribution is 7.89. The van der Waals surface area contributed by atoms with Crippen molar-refractivity contribution < 1.29 is 8.42 Å². The van der Waals surface area contributed by atoms with Gasteiger partial charge in [-0.05, 0) is 18.8 Å². The fourth-order valence-corrected chi connectivity index (χ4v) is 3.58. The largest absolute Gasteiger partial charge is 0.332 e. The van der Waals surface area contributed by atoms with Crippen LogP contribution in [0.15, 0.2) is 11.2 Å². The number of H-pyrrole nitrogens is 1. The number of imidazole rings is 1. The molecule has 0 aromatic carbocycles. The summed E-state index contributed by atoms with van der Waals surface area (Å²) in [6.45, 7) is 2.32. The van der Waals surface area contributed by atoms with E-state index in [0.29, 0.717) is 18.8 Å². The highest BCUT2D eigenvalue weighted by atomic mass is 35.5. The SMILES string of the molecule is CCc1ncc(S(=O)(=O)NCC2CCCC2Cl)[nH]1. The van der Waals surface area contributed by atoms with Gasteiger partial charge in [0.15, 0.2) is 5.03 Å². The monoisotopic (exact) mass is 291 g/mol. The molecule has 0 amide bonds. The van der Waals surface area contributed by atoms with Crippen LogP contribution in [0.2, 0.25) is 0 Å². The fraction of sp³-hybridized carbons (Fsp3) is 0.727. The summed E-state index contributed by atoms with van der Waals surface area (Å²) in [6, 6.07) is 0. The maximum atomic E-state index is 12.0. The third-order valence-corrected chi connectivity index (χ3v) is 5.24. The van der Waals surface area contributed by atoms with Crippen molar-refractivity contribution in [2.45, 2.75) is 43.0 Å². The Hall–Kier alpha value is -0.590. The van der Waals surface area contributed by atoms with Gasteiger partial charge in [0, 0.05) is 18.3 Å². The minimum absolute atomic E-state index is 0.0840. The lowest BCUT2D eigenvalue weighted by Gasteiger charge is -2.13. The summed E-state index contributed by atoms with van der Waals surface area (Å²) < 4.78 is 26.6. The van der Waals surface area contributed by atoms with E-state index in [2.05, 4.69) is 14.7 Å². The Kier molecular flexibility index (Phi) is 4.29. The van der Waals surface area contributed by atoms with Gasteiger partial charge in [0.1, 0.15) is 5.82 Å². The molecule has 0 aliphatic heterocycles. The number of hydrogen-bond donors (Lipinski definition) is 2. The van der Waals surface area contributed by atoms with Gasteiger partial charge in [0.05, 0.1) is 6.20 Å². The summed E-state index contributed by atoms with van der Waals surface area (Å²) in [5.74, 6) is 0.904. The van der Waals surface area contributed by atoms with Crippen molar-refractivity contribution in [1.29, 1.82) is 0 Å². The van der Waals surface area contributed by atoms with Crippen molar-refractivity contribution in [3.63, 3.8) is 0 Å². The number of halogens is 1. The van der Waals surface area contributed by atoms with Crippen LogP contribution >= 0.6 is 11.6 Å². The highest BCUT2D eigenvalue weighted by Gasteiger charge is 2.27. The first-order valence-corrected chi connectivity index (χ1v) is 8.12. The Balaban J connectivity index is 1.98. The zero-order valence-corrected chi connectivity index (χ0v) is 11.9. The maximum Gasteiger partial charge on any atom is 0.257 e. The van der Waals surface area contributed by atoms with Gasteiger partial charge < -0.3 is 4.98 Å². The van der Waals surface area contributed by atoms with Gasteiger partial charge in [-0.1, -0.05) is 13.3 Å². The second kappa shape index (κ2) is 5.59. The lowest BCUT2D eigenvalue weighted by molar-refractivity contribution is 0.522. The number of nitrogens with zero attached hydrogens (tertiary/aromatic N) is 1. The van der Waals surface area contributed by atoms with E-state index in [-0.39, 0.29) is 16.3 Å². The highest BCUT2D eigenvalue weighted by Crippen LogP contribution is 2.29. The van der Waals surface area contributed by atoms with E-state index in [9.17, 15) is 8.42 Å². The number of aryl methyl sites for hydroxylation is 1. The molecule has 2 atom stereocenters. The van der Waals surface area contributed by atoms with Crippen molar-refractivity contribution in [1.82, 2.24) is 14.7 Å². The topological polar surface area (TPSA) is 74.8 Å². The van der Waals surface area contributed by atoms with Crippen LogP contribution in [0, 0.1) is 5.92 Å². The number of nitrogens with one attached hydrogen (secondary N) is 2. The molecule has 0 radical (unpaired) electrons. The maximum absolute atomic E-state index is 12.0. The predicted molar refractivity (Wildman–Crippen MR) is 70.1 cm³/mol. The Morgan fingerprint density at radius 2 is 2.33 bits per heavy atom. The van der Waals surface area contributed by atoms with Crippen molar-refractivity contribution in [3.05, 3.63) is 12.0 Å². The van der Waals surface area contributed by atoms with Crippen LogP contribution in [0.25, 0.3) is 0 Å². The van der Waals surface area contributed by atoms with E-state index in [4.69, 9.17) is 11.6 Å². The van der Waals surface area contributed by atoms with Crippen molar-refractivity contribution in [2.75, 3.05) is 6.54 Å². The first-order valence-electron chi connectivity index (χ1n) is 6.20. The molecule has 1 saturated carbocycles. The van der Waals surface area contributed by atoms with Gasteiger partial charge in [0.25, 0.3) is 10.0 Å². The number of hydrogen-bond acceptors (Lipinski definition) is 3. The molecular formula is C11H18ClN3O2S. The number of rotatable bonds is 5. The minimum atomic E-state index is -3.49. The van der Waals surface area contributed by atoms with Crippen LogP contribution in [0.1, 0.15) is 32.0 Å². The standard InChI is InChI=1S/C11H18ClN3O2S/c1-2-10-13-7-11(15-10)18(16,17)14-6-8-4-3-5-9(8)12/h7-9,14H,2-6H2,1H3,(H,13,15). The molecule has 102 valence electrons. The normalized spacial score (nSPS) is 24.6. The Labute approximate surface area is 112 Å². The molecule has 2 unspecified atom stereocenters. The van der Waals surface area contributed by atoms with Gasteiger partial charge in [-0.3, -0.25) is 0 Å². The third kappa shape index (κ3) is 3.05. The molecule has 1 aromatic rings. The van der Waals surface area contributed by atoms with Crippen molar-refractivity contribution in [3.8, 4) is 0 Å². The number of aromatic amines is 1. The number of alkyl halides is 1. The van der Waals surface area contributed by atoms with Crippen LogP contribution in [0.3, 0.4) is 0 Å². The van der Waals surface area contributed by atoms with Crippen molar-refractivity contribution in [2.24, 2.45) is 5.92 Å². The Morgan fingerprint density at radius 3 is 2.89 bits per heavy atom. The molecule has 5 nitrogen and oxygen atoms in total. The summed E-state index contributed by atoms with van der Waals surface area (Å²) >= 11 is 6.12. The number of sulfonamides is 1. The first-order chi connectivity index (χ1) is 8.53. The Morgan fingerprint density at radius 1 is 1.56 bits per heavy atom. The van der Waals surface area contributed by atoms with Crippen LogP contribution in [-0.2, 0) is 16.4 Å². The second-order valence-electron chi connectivity index (χ2n) is 4.61. The van der Waals surface area contributed by atoms with Crippen LogP contribution in [-0.4, -0.2) is 30.3 Å². The molecule has 1 aliphatic rings. The molecule has 1 aliphatic carbocycles. The fourth-order valence-electron chi connectivity index (χ4n) is 2.18. The zero-order chi connectivity index (χ0) is 13.2. The summed E-state index contributed by atoms with van der Waals surface area (Å²) in [5, 5.41) is 0.212. The van der Waals surface area contributed by atoms with Crippen molar-refractivity contribution >= 4 is 21.6 Å². The average molecular weight is 292 g/mol. The molecule has 0 spiro atoms. The molecular weight excluding hydrogens is 274 g/mol. The van der Waals surface area contributed by atoms with Gasteiger partial charge in [-0.15, -0.1) is 11.6 Å². The van der Waals surface area contributed by atoms with Crippen LogP contribution in [0.4, 0.5) is 0 Å². The van der Waals surface area contributed by atoms with Gasteiger partial charge >= 0.3 is 0 Å². The van der Waals surface area contributed by atoms with Crippen LogP contribution in [0.5, 0.6) is 0 Å². The molecule has 1 fully saturated rings. The molecule has 2 N–H and O–H groups in total. The summed E-state index contributed by atoms with van der Waals surface area (Å²) in [6.07, 6.45) is 5.07. The third-order valence-electron chi connectivity index (χ3n) is 3.33. The van der Waals surface area contributed by atoms with Gasteiger partial charge in [0.2, 0.25) is 0 Å². The Bertz CT molecular complexity index is 500. The average Bonchev–Trinajstić information content (AvgIpc) is 2.95. The molecule has 7 heteroatoms. The quantitative estimate of drug-likeness (QED) is 0.810. The van der Waals surface area contributed by atoms with Crippen LogP contribution < -0.4 is 4.72 Å². The summed E-state index contributed by atoms with van der Waals surface area (Å²) in [5.41, 5.74) is 0. The number of aromatic nitrogens is 2.